The normalized spacial score (nSPS) is 9.24. The van der Waals surface area contributed by atoms with Gasteiger partial charge in [0.25, 0.3) is 0 Å². The van der Waals surface area contributed by atoms with E-state index in [2.05, 4.69) is 22.5 Å². The number of alkyl halides is 1. The smallest absolute Gasteiger partial charge is 0.221 e. The Bertz CT molecular complexity index is 549. The van der Waals surface area contributed by atoms with Gasteiger partial charge in [-0.3, -0.25) is 9.59 Å². The van der Waals surface area contributed by atoms with Crippen LogP contribution in [0.25, 0.3) is 0 Å². The molecule has 2 N–H and O–H groups in total. The summed E-state index contributed by atoms with van der Waals surface area (Å²) in [6.07, 6.45) is 0.287. The highest BCUT2D eigenvalue weighted by atomic mass is 35.5. The molecular weight excluding hydrogens is 292 g/mol. The first-order chi connectivity index (χ1) is 10.1. The van der Waals surface area contributed by atoms with Crippen LogP contribution in [0.2, 0.25) is 0 Å². The lowest BCUT2D eigenvalue weighted by Gasteiger charge is -2.05. The molecule has 0 aliphatic carbocycles. The van der Waals surface area contributed by atoms with E-state index in [0.717, 1.165) is 0 Å². The van der Waals surface area contributed by atoms with Gasteiger partial charge < -0.3 is 15.4 Å². The largest absolute Gasteiger partial charge is 0.481 e. The Morgan fingerprint density at radius 3 is 2.86 bits per heavy atom. The van der Waals surface area contributed by atoms with Crippen molar-refractivity contribution < 1.29 is 14.3 Å². The third kappa shape index (κ3) is 7.85. The molecule has 1 aromatic rings. The maximum atomic E-state index is 11.1. The quantitative estimate of drug-likeness (QED) is 0.622. The second-order valence-corrected chi connectivity index (χ2v) is 4.44. The third-order valence-corrected chi connectivity index (χ3v) is 2.47. The predicted octanol–water partition coefficient (Wildman–Crippen LogP) is 1.77. The van der Waals surface area contributed by atoms with Crippen LogP contribution in [0.1, 0.15) is 13.3 Å². The maximum Gasteiger partial charge on any atom is 0.221 e. The van der Waals surface area contributed by atoms with E-state index in [1.54, 1.807) is 24.3 Å². The summed E-state index contributed by atoms with van der Waals surface area (Å²) >= 11 is 5.43. The van der Waals surface area contributed by atoms with Gasteiger partial charge in [-0.1, -0.05) is 17.9 Å². The van der Waals surface area contributed by atoms with Crippen LogP contribution in [0.4, 0.5) is 5.69 Å². The van der Waals surface area contributed by atoms with Gasteiger partial charge in [0.05, 0.1) is 6.54 Å². The first-order valence-electron chi connectivity index (χ1n) is 6.40. The number of nitrogens with one attached hydrogen (secondary N) is 2. The van der Waals surface area contributed by atoms with E-state index in [-0.39, 0.29) is 31.4 Å². The molecule has 0 aliphatic rings. The Kier molecular flexibility index (Phi) is 7.77. The molecule has 6 heteroatoms. The fourth-order valence-electron chi connectivity index (χ4n) is 1.42. The van der Waals surface area contributed by atoms with Gasteiger partial charge in [-0.05, 0) is 12.1 Å². The minimum atomic E-state index is -0.139. The Hall–Kier alpha value is -2.19. The van der Waals surface area contributed by atoms with Crippen molar-refractivity contribution in [2.45, 2.75) is 13.3 Å². The van der Waals surface area contributed by atoms with Crippen LogP contribution in [-0.4, -0.2) is 30.8 Å². The van der Waals surface area contributed by atoms with Gasteiger partial charge in [0.1, 0.15) is 12.4 Å². The fraction of sp³-hybridized carbons (Fsp3) is 0.333. The van der Waals surface area contributed by atoms with Crippen LogP contribution in [0.15, 0.2) is 24.3 Å². The molecule has 0 aromatic heterocycles. The highest BCUT2D eigenvalue weighted by Crippen LogP contribution is 2.16. The number of rotatable bonds is 6. The molecule has 0 saturated heterocycles. The molecule has 112 valence electrons. The van der Waals surface area contributed by atoms with Crippen LogP contribution in [0, 0.1) is 11.8 Å². The van der Waals surface area contributed by atoms with Gasteiger partial charge in [0, 0.05) is 31.0 Å². The van der Waals surface area contributed by atoms with Gasteiger partial charge in [0.15, 0.2) is 0 Å². The molecule has 2 amide bonds. The van der Waals surface area contributed by atoms with E-state index in [1.165, 1.54) is 6.92 Å². The van der Waals surface area contributed by atoms with Crippen LogP contribution < -0.4 is 15.4 Å². The van der Waals surface area contributed by atoms with Crippen LogP contribution >= 0.6 is 11.6 Å². The molecule has 0 aliphatic heterocycles. The standard InChI is InChI=1S/C15H17ClN2O3/c1-12(19)18-13-5-4-6-14(11-13)21-10-3-2-9-17-15(20)7-8-16/h4-6,11H,7-10H2,1H3,(H,17,20)(H,18,19). The molecule has 0 spiro atoms. The zero-order valence-corrected chi connectivity index (χ0v) is 12.5. The Balaban J connectivity index is 2.32. The van der Waals surface area contributed by atoms with Crippen molar-refractivity contribution in [1.82, 2.24) is 5.32 Å². The van der Waals surface area contributed by atoms with E-state index in [0.29, 0.717) is 17.3 Å². The van der Waals surface area contributed by atoms with Crippen molar-refractivity contribution in [2.24, 2.45) is 0 Å². The zero-order valence-electron chi connectivity index (χ0n) is 11.7. The summed E-state index contributed by atoms with van der Waals surface area (Å²) in [5.74, 6) is 6.21. The highest BCUT2D eigenvalue weighted by molar-refractivity contribution is 6.18. The Morgan fingerprint density at radius 2 is 2.14 bits per heavy atom. The average Bonchev–Trinajstić information content (AvgIpc) is 2.42. The van der Waals surface area contributed by atoms with Gasteiger partial charge in [0.2, 0.25) is 11.8 Å². The number of benzene rings is 1. The summed E-state index contributed by atoms with van der Waals surface area (Å²) < 4.78 is 5.42. The summed E-state index contributed by atoms with van der Waals surface area (Å²) in [4.78, 5) is 22.0. The van der Waals surface area contributed by atoms with Gasteiger partial charge in [-0.15, -0.1) is 11.6 Å². The summed E-state index contributed by atoms with van der Waals surface area (Å²) in [5, 5.41) is 5.28. The first kappa shape index (κ1) is 16.9. The minimum absolute atomic E-state index is 0.122. The fourth-order valence-corrected chi connectivity index (χ4v) is 1.59. The number of hydrogen-bond donors (Lipinski definition) is 2. The molecule has 0 fully saturated rings. The van der Waals surface area contributed by atoms with E-state index >= 15 is 0 Å². The van der Waals surface area contributed by atoms with E-state index in [1.807, 2.05) is 0 Å². The molecule has 0 heterocycles. The molecule has 0 saturated carbocycles. The summed E-state index contributed by atoms with van der Waals surface area (Å²) in [7, 11) is 0. The van der Waals surface area contributed by atoms with Crippen molar-refractivity contribution >= 4 is 29.1 Å². The molecular formula is C15H17ClN2O3. The van der Waals surface area contributed by atoms with E-state index in [4.69, 9.17) is 16.3 Å². The summed E-state index contributed by atoms with van der Waals surface area (Å²) in [5.41, 5.74) is 0.668. The molecule has 1 aromatic carbocycles. The lowest BCUT2D eigenvalue weighted by Crippen LogP contribution is -2.23. The first-order valence-corrected chi connectivity index (χ1v) is 6.94. The number of carbonyl (C=O) groups excluding carboxylic acids is 2. The Morgan fingerprint density at radius 1 is 1.33 bits per heavy atom. The lowest BCUT2D eigenvalue weighted by molar-refractivity contribution is -0.120. The van der Waals surface area contributed by atoms with E-state index in [9.17, 15) is 9.59 Å². The van der Waals surface area contributed by atoms with Crippen LogP contribution in [0.5, 0.6) is 5.75 Å². The van der Waals surface area contributed by atoms with Crippen molar-refractivity contribution in [3.8, 4) is 17.6 Å². The molecule has 5 nitrogen and oxygen atoms in total. The van der Waals surface area contributed by atoms with Crippen molar-refractivity contribution in [3.63, 3.8) is 0 Å². The van der Waals surface area contributed by atoms with E-state index < -0.39 is 0 Å². The lowest BCUT2D eigenvalue weighted by atomic mass is 10.3. The second-order valence-electron chi connectivity index (χ2n) is 4.07. The monoisotopic (exact) mass is 308 g/mol. The second kappa shape index (κ2) is 9.67. The summed E-state index contributed by atoms with van der Waals surface area (Å²) in [6.45, 7) is 1.91. The zero-order chi connectivity index (χ0) is 15.5. The van der Waals surface area contributed by atoms with Crippen molar-refractivity contribution in [3.05, 3.63) is 24.3 Å². The highest BCUT2D eigenvalue weighted by Gasteiger charge is 1.98. The molecule has 1 rings (SSSR count). The van der Waals surface area contributed by atoms with Gasteiger partial charge >= 0.3 is 0 Å². The molecule has 21 heavy (non-hydrogen) atoms. The number of halogens is 1. The minimum Gasteiger partial charge on any atom is -0.481 e. The van der Waals surface area contributed by atoms with Crippen molar-refractivity contribution in [1.29, 1.82) is 0 Å². The molecule has 0 unspecified atom stereocenters. The number of carbonyl (C=O) groups is 2. The van der Waals surface area contributed by atoms with Crippen LogP contribution in [-0.2, 0) is 9.59 Å². The number of amides is 2. The Labute approximate surface area is 129 Å². The molecule has 0 radical (unpaired) electrons. The van der Waals surface area contributed by atoms with Gasteiger partial charge in [-0.2, -0.15) is 0 Å². The maximum absolute atomic E-state index is 11.1. The van der Waals surface area contributed by atoms with Crippen molar-refractivity contribution in [2.75, 3.05) is 24.3 Å². The topological polar surface area (TPSA) is 67.4 Å². The molecule has 0 atom stereocenters. The molecule has 0 bridgehead atoms. The SMILES string of the molecule is CC(=O)Nc1cccc(OCC#CCNC(=O)CCCl)c1. The number of hydrogen-bond acceptors (Lipinski definition) is 3. The summed E-state index contributed by atoms with van der Waals surface area (Å²) in [6, 6.07) is 7.04. The average molecular weight is 309 g/mol. The third-order valence-electron chi connectivity index (χ3n) is 2.29. The number of ether oxygens (including phenoxy) is 1. The number of anilines is 1. The van der Waals surface area contributed by atoms with Gasteiger partial charge in [-0.25, -0.2) is 0 Å². The van der Waals surface area contributed by atoms with Crippen LogP contribution in [0.3, 0.4) is 0 Å². The predicted molar refractivity (Wildman–Crippen MR) is 82.4 cm³/mol.